The van der Waals surface area contributed by atoms with Gasteiger partial charge in [0.25, 0.3) is 15.9 Å². The molecule has 38 heavy (non-hydrogen) atoms. The molecule has 0 aromatic heterocycles. The quantitative estimate of drug-likeness (QED) is 0.221. The van der Waals surface area contributed by atoms with Gasteiger partial charge in [0.2, 0.25) is 0 Å². The number of ether oxygens (including phenoxy) is 1. The Kier molecular flexibility index (Phi) is 8.94. The first-order valence-corrected chi connectivity index (χ1v) is 14.0. The first-order valence-electron chi connectivity index (χ1n) is 11.8. The van der Waals surface area contributed by atoms with Gasteiger partial charge in [-0.15, -0.1) is 0 Å². The lowest BCUT2D eigenvalue weighted by molar-refractivity contribution is 0.0947. The zero-order valence-corrected chi connectivity index (χ0v) is 22.9. The number of benzene rings is 4. The van der Waals surface area contributed by atoms with Crippen molar-refractivity contribution in [2.75, 3.05) is 17.5 Å². The molecule has 9 heteroatoms. The third-order valence-corrected chi connectivity index (χ3v) is 8.01. The summed E-state index contributed by atoms with van der Waals surface area (Å²) in [6, 6.07) is 27.1. The molecular weight excluding hydrogens is 543 g/mol. The molecule has 6 nitrogen and oxygen atoms in total. The van der Waals surface area contributed by atoms with Crippen molar-refractivity contribution in [3.05, 3.63) is 124 Å². The fraction of sp³-hybridized carbons (Fsp3) is 0.138. The Morgan fingerprint density at radius 1 is 0.842 bits per heavy atom. The maximum absolute atomic E-state index is 13.9. The van der Waals surface area contributed by atoms with E-state index in [2.05, 4.69) is 5.32 Å². The summed E-state index contributed by atoms with van der Waals surface area (Å²) in [5.74, 6) is 0.211. The summed E-state index contributed by atoms with van der Waals surface area (Å²) in [7, 11) is -4.02. The summed E-state index contributed by atoms with van der Waals surface area (Å²) in [4.78, 5) is 13.3. The molecule has 0 spiro atoms. The van der Waals surface area contributed by atoms with Crippen molar-refractivity contribution in [2.45, 2.75) is 18.4 Å². The van der Waals surface area contributed by atoms with Crippen molar-refractivity contribution in [1.29, 1.82) is 0 Å². The number of halogens is 2. The second-order valence-electron chi connectivity index (χ2n) is 8.53. The summed E-state index contributed by atoms with van der Waals surface area (Å²) in [5.41, 5.74) is 2.15. The third-order valence-electron chi connectivity index (χ3n) is 5.74. The van der Waals surface area contributed by atoms with Gasteiger partial charge in [0.1, 0.15) is 12.4 Å². The number of rotatable bonds is 10. The molecule has 0 saturated heterocycles. The number of carbonyl (C=O) groups is 1. The molecule has 1 amide bonds. The topological polar surface area (TPSA) is 75.7 Å². The van der Waals surface area contributed by atoms with E-state index in [1.807, 2.05) is 6.92 Å². The lowest BCUT2D eigenvalue weighted by Crippen LogP contribution is -2.34. The van der Waals surface area contributed by atoms with Gasteiger partial charge >= 0.3 is 0 Å². The van der Waals surface area contributed by atoms with Crippen LogP contribution in [0.15, 0.2) is 102 Å². The fourth-order valence-electron chi connectivity index (χ4n) is 3.74. The van der Waals surface area contributed by atoms with Crippen LogP contribution in [0.4, 0.5) is 5.69 Å². The number of sulfonamides is 1. The van der Waals surface area contributed by atoms with Crippen LogP contribution in [0.2, 0.25) is 10.0 Å². The van der Waals surface area contributed by atoms with E-state index in [1.54, 1.807) is 97.1 Å². The molecular formula is C29H26Cl2N2O4S. The second kappa shape index (κ2) is 12.3. The number of aryl methyl sites for hydroxylation is 1. The van der Waals surface area contributed by atoms with Crippen LogP contribution >= 0.6 is 23.2 Å². The van der Waals surface area contributed by atoms with Crippen LogP contribution in [0.3, 0.4) is 0 Å². The minimum atomic E-state index is -4.02. The van der Waals surface area contributed by atoms with Gasteiger partial charge in [0.05, 0.1) is 29.2 Å². The van der Waals surface area contributed by atoms with Gasteiger partial charge in [-0.1, -0.05) is 65.2 Å². The van der Waals surface area contributed by atoms with Crippen LogP contribution in [0, 0.1) is 6.92 Å². The summed E-state index contributed by atoms with van der Waals surface area (Å²) >= 11 is 11.9. The number of carbonyl (C=O) groups excluding carboxylic acids is 1. The van der Waals surface area contributed by atoms with E-state index in [1.165, 1.54) is 4.31 Å². The smallest absolute Gasteiger partial charge is 0.264 e. The molecule has 4 rings (SSSR count). The van der Waals surface area contributed by atoms with Crippen LogP contribution in [0.5, 0.6) is 5.75 Å². The molecule has 0 heterocycles. The van der Waals surface area contributed by atoms with Crippen molar-refractivity contribution in [2.24, 2.45) is 0 Å². The maximum Gasteiger partial charge on any atom is 0.264 e. The number of para-hydroxylation sites is 1. The molecule has 0 atom stereocenters. The zero-order valence-electron chi connectivity index (χ0n) is 20.6. The van der Waals surface area contributed by atoms with Crippen LogP contribution in [0.25, 0.3) is 0 Å². The highest BCUT2D eigenvalue weighted by Gasteiger charge is 2.28. The number of amides is 1. The Morgan fingerprint density at radius 2 is 1.45 bits per heavy atom. The van der Waals surface area contributed by atoms with E-state index in [0.717, 1.165) is 11.1 Å². The van der Waals surface area contributed by atoms with Gasteiger partial charge in [-0.3, -0.25) is 9.10 Å². The number of nitrogens with zero attached hydrogens (tertiary/aromatic N) is 1. The molecule has 1 N–H and O–H groups in total. The first-order chi connectivity index (χ1) is 18.2. The van der Waals surface area contributed by atoms with Gasteiger partial charge in [-0.05, 0) is 73.2 Å². The number of nitrogens with one attached hydrogen (secondary N) is 1. The molecule has 0 fully saturated rings. The molecule has 4 aromatic rings. The minimum Gasteiger partial charge on any atom is -0.492 e. The molecule has 0 saturated carbocycles. The highest BCUT2D eigenvalue weighted by Crippen LogP contribution is 2.30. The Labute approximate surface area is 232 Å². The van der Waals surface area contributed by atoms with E-state index >= 15 is 0 Å². The van der Waals surface area contributed by atoms with Crippen molar-refractivity contribution in [3.63, 3.8) is 0 Å². The average molecular weight is 570 g/mol. The number of hydrogen-bond donors (Lipinski definition) is 1. The Morgan fingerprint density at radius 3 is 2.11 bits per heavy atom. The van der Waals surface area contributed by atoms with E-state index in [4.69, 9.17) is 27.9 Å². The highest BCUT2D eigenvalue weighted by atomic mass is 35.5. The van der Waals surface area contributed by atoms with Crippen molar-refractivity contribution < 1.29 is 17.9 Å². The normalized spacial score (nSPS) is 11.1. The lowest BCUT2D eigenvalue weighted by atomic mass is 10.1. The fourth-order valence-corrected chi connectivity index (χ4v) is 5.46. The van der Waals surface area contributed by atoms with Gasteiger partial charge in [-0.2, -0.15) is 0 Å². The van der Waals surface area contributed by atoms with Crippen LogP contribution < -0.4 is 14.4 Å². The monoisotopic (exact) mass is 568 g/mol. The average Bonchev–Trinajstić information content (AvgIpc) is 2.92. The van der Waals surface area contributed by atoms with Crippen molar-refractivity contribution in [3.8, 4) is 5.75 Å². The van der Waals surface area contributed by atoms with Gasteiger partial charge in [0, 0.05) is 10.0 Å². The van der Waals surface area contributed by atoms with E-state index < -0.39 is 15.9 Å². The Bertz CT molecular complexity index is 1490. The molecule has 0 unspecified atom stereocenters. The van der Waals surface area contributed by atoms with Crippen LogP contribution in [-0.2, 0) is 16.6 Å². The second-order valence-corrected chi connectivity index (χ2v) is 11.3. The van der Waals surface area contributed by atoms with Crippen LogP contribution in [-0.4, -0.2) is 27.5 Å². The van der Waals surface area contributed by atoms with E-state index in [-0.39, 0.29) is 35.8 Å². The van der Waals surface area contributed by atoms with E-state index in [9.17, 15) is 13.2 Å². The van der Waals surface area contributed by atoms with Gasteiger partial charge < -0.3 is 10.1 Å². The van der Waals surface area contributed by atoms with E-state index in [0.29, 0.717) is 15.8 Å². The molecule has 0 aliphatic heterocycles. The molecule has 0 aliphatic rings. The molecule has 0 radical (unpaired) electrons. The van der Waals surface area contributed by atoms with Gasteiger partial charge in [0.15, 0.2) is 0 Å². The molecule has 196 valence electrons. The third kappa shape index (κ3) is 6.86. The number of hydrogen-bond acceptors (Lipinski definition) is 4. The number of anilines is 1. The van der Waals surface area contributed by atoms with Crippen molar-refractivity contribution in [1.82, 2.24) is 5.32 Å². The lowest BCUT2D eigenvalue weighted by Gasteiger charge is -2.27. The first kappa shape index (κ1) is 27.5. The molecule has 4 aromatic carbocycles. The predicted molar refractivity (Wildman–Crippen MR) is 152 cm³/mol. The molecule has 0 aliphatic carbocycles. The van der Waals surface area contributed by atoms with Crippen LogP contribution in [0.1, 0.15) is 21.5 Å². The SMILES string of the molecule is Cc1ccc(S(=O)(=O)N(Cc2ccc(Cl)cc2)c2ccccc2C(=O)NCCOc2ccc(Cl)cc2)cc1. The summed E-state index contributed by atoms with van der Waals surface area (Å²) < 4.78 is 34.6. The molecule has 0 bridgehead atoms. The Balaban J connectivity index is 1.60. The standard InChI is InChI=1S/C29H26Cl2N2O4S/c1-21-6-16-26(17-7-21)38(35,36)33(20-22-8-10-23(30)11-9-22)28-5-3-2-4-27(28)29(34)32-18-19-37-25-14-12-24(31)13-15-25/h2-17H,18-20H2,1H3,(H,32,34). The zero-order chi connectivity index (χ0) is 27.1. The van der Waals surface area contributed by atoms with Gasteiger partial charge in [-0.25, -0.2) is 8.42 Å². The Hall–Kier alpha value is -3.52. The largest absolute Gasteiger partial charge is 0.492 e. The summed E-state index contributed by atoms with van der Waals surface area (Å²) in [5, 5.41) is 3.96. The summed E-state index contributed by atoms with van der Waals surface area (Å²) in [6.07, 6.45) is 0. The predicted octanol–water partition coefficient (Wildman–Crippen LogP) is 6.51. The summed E-state index contributed by atoms with van der Waals surface area (Å²) in [6.45, 7) is 2.35. The highest BCUT2D eigenvalue weighted by molar-refractivity contribution is 7.92. The maximum atomic E-state index is 13.9. The minimum absolute atomic E-state index is 0.0113. The van der Waals surface area contributed by atoms with Crippen molar-refractivity contribution >= 4 is 44.8 Å².